The third-order valence-corrected chi connectivity index (χ3v) is 3.51. The molecule has 1 atom stereocenters. The minimum Gasteiger partial charge on any atom is -0.383 e. The number of benzene rings is 1. The average Bonchev–Trinajstić information content (AvgIpc) is 2.55. The topological polar surface area (TPSA) is 79.9 Å². The van der Waals surface area contributed by atoms with E-state index in [2.05, 4.69) is 10.6 Å². The highest BCUT2D eigenvalue weighted by molar-refractivity contribution is 5.95. The fourth-order valence-electron chi connectivity index (χ4n) is 2.32. The van der Waals surface area contributed by atoms with Gasteiger partial charge in [0.1, 0.15) is 0 Å². The van der Waals surface area contributed by atoms with Crippen molar-refractivity contribution >= 4 is 17.6 Å². The van der Waals surface area contributed by atoms with Gasteiger partial charge in [0.25, 0.3) is 5.91 Å². The molecule has 1 aromatic rings. The van der Waals surface area contributed by atoms with Crippen molar-refractivity contribution in [2.75, 3.05) is 45.3 Å². The third-order valence-electron chi connectivity index (χ3n) is 3.51. The standard InChI is InChI=1S/C16H23N3O4/c1-12-11-19(8-10-23-12)15(20)13-3-5-14(6-4-13)18-16(21)17-7-9-22-2/h3-6,12H,7-11H2,1-2H3,(H2,17,18,21). The smallest absolute Gasteiger partial charge is 0.319 e. The molecule has 0 aliphatic carbocycles. The van der Waals surface area contributed by atoms with Crippen LogP contribution in [0.5, 0.6) is 0 Å². The zero-order valence-corrected chi connectivity index (χ0v) is 13.5. The van der Waals surface area contributed by atoms with Crippen LogP contribution in [0.25, 0.3) is 0 Å². The van der Waals surface area contributed by atoms with Gasteiger partial charge in [0, 0.05) is 38.0 Å². The first-order valence-corrected chi connectivity index (χ1v) is 7.65. The van der Waals surface area contributed by atoms with Crippen LogP contribution in [-0.4, -0.2) is 62.9 Å². The van der Waals surface area contributed by atoms with E-state index in [1.807, 2.05) is 6.92 Å². The molecule has 1 aliphatic rings. The van der Waals surface area contributed by atoms with Crippen molar-refractivity contribution in [2.24, 2.45) is 0 Å². The van der Waals surface area contributed by atoms with Gasteiger partial charge in [-0.2, -0.15) is 0 Å². The van der Waals surface area contributed by atoms with Crippen LogP contribution in [0.4, 0.5) is 10.5 Å². The number of rotatable bonds is 5. The number of anilines is 1. The summed E-state index contributed by atoms with van der Waals surface area (Å²) in [6, 6.07) is 6.56. The Labute approximate surface area is 135 Å². The molecule has 2 rings (SSSR count). The molecular formula is C16H23N3O4. The predicted molar refractivity (Wildman–Crippen MR) is 86.7 cm³/mol. The molecule has 0 radical (unpaired) electrons. The number of hydrogen-bond acceptors (Lipinski definition) is 4. The number of amides is 3. The van der Waals surface area contributed by atoms with Gasteiger partial charge >= 0.3 is 6.03 Å². The molecule has 0 bridgehead atoms. The Hall–Kier alpha value is -2.12. The second-order valence-electron chi connectivity index (χ2n) is 5.38. The lowest BCUT2D eigenvalue weighted by Crippen LogP contribution is -2.44. The van der Waals surface area contributed by atoms with E-state index in [-0.39, 0.29) is 18.0 Å². The van der Waals surface area contributed by atoms with Crippen molar-refractivity contribution in [3.05, 3.63) is 29.8 Å². The van der Waals surface area contributed by atoms with Gasteiger partial charge in [-0.15, -0.1) is 0 Å². The number of carbonyl (C=O) groups is 2. The van der Waals surface area contributed by atoms with E-state index in [4.69, 9.17) is 9.47 Å². The van der Waals surface area contributed by atoms with E-state index in [0.717, 1.165) is 0 Å². The molecule has 1 heterocycles. The molecule has 7 nitrogen and oxygen atoms in total. The lowest BCUT2D eigenvalue weighted by molar-refractivity contribution is -0.0124. The number of urea groups is 1. The number of carbonyl (C=O) groups excluding carboxylic acids is 2. The maximum Gasteiger partial charge on any atom is 0.319 e. The third kappa shape index (κ3) is 5.22. The average molecular weight is 321 g/mol. The molecule has 0 aromatic heterocycles. The summed E-state index contributed by atoms with van der Waals surface area (Å²) in [4.78, 5) is 25.8. The second-order valence-corrected chi connectivity index (χ2v) is 5.38. The summed E-state index contributed by atoms with van der Waals surface area (Å²) >= 11 is 0. The SMILES string of the molecule is COCCNC(=O)Nc1ccc(C(=O)N2CCOC(C)C2)cc1. The van der Waals surface area contributed by atoms with Crippen LogP contribution in [0.1, 0.15) is 17.3 Å². The zero-order valence-electron chi connectivity index (χ0n) is 13.5. The Kier molecular flexibility index (Phi) is 6.37. The highest BCUT2D eigenvalue weighted by atomic mass is 16.5. The summed E-state index contributed by atoms with van der Waals surface area (Å²) in [6.07, 6.45) is 0.0597. The Morgan fingerprint density at radius 1 is 1.35 bits per heavy atom. The molecule has 1 aromatic carbocycles. The van der Waals surface area contributed by atoms with E-state index < -0.39 is 0 Å². The zero-order chi connectivity index (χ0) is 16.7. The molecule has 1 unspecified atom stereocenters. The molecule has 2 N–H and O–H groups in total. The first-order chi connectivity index (χ1) is 11.1. The van der Waals surface area contributed by atoms with Gasteiger partial charge in [0.15, 0.2) is 0 Å². The summed E-state index contributed by atoms with van der Waals surface area (Å²) in [5.74, 6) is -0.0174. The molecule has 7 heteroatoms. The number of nitrogens with zero attached hydrogens (tertiary/aromatic N) is 1. The molecule has 3 amide bonds. The number of morpholine rings is 1. The molecule has 0 spiro atoms. The van der Waals surface area contributed by atoms with Crippen LogP contribution >= 0.6 is 0 Å². The van der Waals surface area contributed by atoms with Crippen molar-refractivity contribution < 1.29 is 19.1 Å². The van der Waals surface area contributed by atoms with Gasteiger partial charge < -0.3 is 25.0 Å². The van der Waals surface area contributed by atoms with E-state index in [0.29, 0.717) is 44.1 Å². The predicted octanol–water partition coefficient (Wildman–Crippen LogP) is 1.32. The Balaban J connectivity index is 1.88. The van der Waals surface area contributed by atoms with E-state index in [1.54, 1.807) is 36.3 Å². The number of hydrogen-bond donors (Lipinski definition) is 2. The molecule has 1 aliphatic heterocycles. The summed E-state index contributed by atoms with van der Waals surface area (Å²) in [7, 11) is 1.57. The van der Waals surface area contributed by atoms with Gasteiger partial charge in [-0.1, -0.05) is 0 Å². The quantitative estimate of drug-likeness (QED) is 0.802. The molecule has 1 saturated heterocycles. The number of nitrogens with one attached hydrogen (secondary N) is 2. The van der Waals surface area contributed by atoms with Crippen LogP contribution in [0.2, 0.25) is 0 Å². The van der Waals surface area contributed by atoms with Crippen LogP contribution in [0, 0.1) is 0 Å². The highest BCUT2D eigenvalue weighted by Gasteiger charge is 2.22. The molecule has 1 fully saturated rings. The second kappa shape index (κ2) is 8.50. The Bertz CT molecular complexity index is 533. The number of ether oxygens (including phenoxy) is 2. The van der Waals surface area contributed by atoms with E-state index in [9.17, 15) is 9.59 Å². The van der Waals surface area contributed by atoms with E-state index in [1.165, 1.54) is 0 Å². The van der Waals surface area contributed by atoms with Gasteiger partial charge in [0.05, 0.1) is 19.3 Å². The minimum atomic E-state index is -0.303. The lowest BCUT2D eigenvalue weighted by Gasteiger charge is -2.31. The normalized spacial score (nSPS) is 17.7. The van der Waals surface area contributed by atoms with Gasteiger partial charge in [-0.3, -0.25) is 4.79 Å². The van der Waals surface area contributed by atoms with Crippen molar-refractivity contribution in [3.8, 4) is 0 Å². The summed E-state index contributed by atoms with van der Waals surface area (Å²) < 4.78 is 10.3. The van der Waals surface area contributed by atoms with Gasteiger partial charge in [0.2, 0.25) is 0 Å². The fraction of sp³-hybridized carbons (Fsp3) is 0.500. The molecule has 23 heavy (non-hydrogen) atoms. The monoisotopic (exact) mass is 321 g/mol. The maximum absolute atomic E-state index is 12.4. The first kappa shape index (κ1) is 17.2. The Morgan fingerprint density at radius 2 is 2.09 bits per heavy atom. The van der Waals surface area contributed by atoms with Crippen LogP contribution in [0.3, 0.4) is 0 Å². The van der Waals surface area contributed by atoms with Crippen LogP contribution in [0.15, 0.2) is 24.3 Å². The van der Waals surface area contributed by atoms with E-state index >= 15 is 0 Å². The van der Waals surface area contributed by atoms with Crippen LogP contribution < -0.4 is 10.6 Å². The Morgan fingerprint density at radius 3 is 2.74 bits per heavy atom. The first-order valence-electron chi connectivity index (χ1n) is 7.65. The van der Waals surface area contributed by atoms with Gasteiger partial charge in [-0.25, -0.2) is 4.79 Å². The number of methoxy groups -OCH3 is 1. The van der Waals surface area contributed by atoms with Crippen LogP contribution in [-0.2, 0) is 9.47 Å². The maximum atomic E-state index is 12.4. The lowest BCUT2D eigenvalue weighted by atomic mass is 10.1. The summed E-state index contributed by atoms with van der Waals surface area (Å²) in [6.45, 7) is 4.61. The summed E-state index contributed by atoms with van der Waals surface area (Å²) in [5.41, 5.74) is 1.23. The minimum absolute atomic E-state index is 0.0174. The summed E-state index contributed by atoms with van der Waals surface area (Å²) in [5, 5.41) is 5.36. The van der Waals surface area contributed by atoms with Gasteiger partial charge in [-0.05, 0) is 31.2 Å². The fourth-order valence-corrected chi connectivity index (χ4v) is 2.32. The highest BCUT2D eigenvalue weighted by Crippen LogP contribution is 2.14. The van der Waals surface area contributed by atoms with Crippen molar-refractivity contribution in [2.45, 2.75) is 13.0 Å². The van der Waals surface area contributed by atoms with Crippen molar-refractivity contribution in [1.29, 1.82) is 0 Å². The molecular weight excluding hydrogens is 298 g/mol. The molecule has 0 saturated carbocycles. The largest absolute Gasteiger partial charge is 0.383 e. The van der Waals surface area contributed by atoms with Crippen molar-refractivity contribution in [3.63, 3.8) is 0 Å². The van der Waals surface area contributed by atoms with Crippen molar-refractivity contribution in [1.82, 2.24) is 10.2 Å². The molecule has 126 valence electrons.